The molecule has 39 heavy (non-hydrogen) atoms. The Bertz CT molecular complexity index is 1080. The van der Waals surface area contributed by atoms with Crippen LogP contribution in [0.4, 0.5) is 0 Å². The molecule has 0 aromatic heterocycles. The van der Waals surface area contributed by atoms with Crippen molar-refractivity contribution < 1.29 is 9.53 Å². The molecule has 5 rings (SSSR count). The Morgan fingerprint density at radius 3 is 2.00 bits per heavy atom. The lowest BCUT2D eigenvalue weighted by Gasteiger charge is -2.34. The number of benzene rings is 3. The molecule has 0 aliphatic carbocycles. The summed E-state index contributed by atoms with van der Waals surface area (Å²) in [5.74, 6) is 1.22. The number of nitrogens with one attached hydrogen (secondary N) is 1. The topological polar surface area (TPSA) is 44.8 Å². The van der Waals surface area contributed by atoms with Gasteiger partial charge in [-0.05, 0) is 93.6 Å². The third-order valence-corrected chi connectivity index (χ3v) is 8.18. The van der Waals surface area contributed by atoms with E-state index >= 15 is 0 Å². The number of hydrogen-bond acceptors (Lipinski definition) is 4. The van der Waals surface area contributed by atoms with E-state index in [0.29, 0.717) is 11.5 Å². The zero-order chi connectivity index (χ0) is 26.7. The van der Waals surface area contributed by atoms with E-state index in [9.17, 15) is 4.79 Å². The molecule has 0 atom stereocenters. The lowest BCUT2D eigenvalue weighted by atomic mass is 9.90. The molecule has 0 radical (unpaired) electrons. The van der Waals surface area contributed by atoms with Gasteiger partial charge in [0.2, 0.25) is 0 Å². The van der Waals surface area contributed by atoms with Crippen molar-refractivity contribution in [2.45, 2.75) is 50.5 Å². The molecular weight excluding hydrogens is 482 g/mol. The third-order valence-electron chi connectivity index (χ3n) is 8.18. The molecule has 0 bridgehead atoms. The van der Waals surface area contributed by atoms with Crippen LogP contribution >= 0.6 is 0 Å². The Morgan fingerprint density at radius 2 is 1.38 bits per heavy atom. The Balaban J connectivity index is 1.04. The summed E-state index contributed by atoms with van der Waals surface area (Å²) in [5, 5.41) is 3.07. The molecule has 2 heterocycles. The van der Waals surface area contributed by atoms with E-state index in [-0.39, 0.29) is 12.0 Å². The van der Waals surface area contributed by atoms with Crippen molar-refractivity contribution in [3.8, 4) is 5.75 Å². The van der Waals surface area contributed by atoms with Gasteiger partial charge in [-0.3, -0.25) is 4.79 Å². The lowest BCUT2D eigenvalue weighted by Crippen LogP contribution is -2.40. The van der Waals surface area contributed by atoms with Crippen LogP contribution in [0.25, 0.3) is 0 Å². The predicted molar refractivity (Wildman–Crippen MR) is 159 cm³/mol. The number of piperidine rings is 1. The van der Waals surface area contributed by atoms with Gasteiger partial charge in [-0.2, -0.15) is 0 Å². The maximum atomic E-state index is 12.5. The molecule has 2 aliphatic rings. The molecule has 2 aliphatic heterocycles. The molecule has 2 fully saturated rings. The zero-order valence-corrected chi connectivity index (χ0v) is 23.1. The first-order chi connectivity index (χ1) is 19.2. The summed E-state index contributed by atoms with van der Waals surface area (Å²) in [6.45, 7) is 7.44. The standard InChI is InChI=1S/C34H43N3O2/c38-34(35-21-7-8-22-36-23-9-10-24-36)30-15-17-31(18-16-30)39-32-19-25-37(26-20-32)27-33(28-11-3-1-4-12-28)29-13-5-2-6-14-29/h1-6,11-18,32-33H,7-10,19-27H2,(H,35,38). The molecule has 5 heteroatoms. The predicted octanol–water partition coefficient (Wildman–Crippen LogP) is 5.97. The van der Waals surface area contributed by atoms with Crippen LogP contribution in [-0.4, -0.2) is 67.6 Å². The van der Waals surface area contributed by atoms with Gasteiger partial charge in [-0.15, -0.1) is 0 Å². The van der Waals surface area contributed by atoms with Gasteiger partial charge in [0.05, 0.1) is 0 Å². The summed E-state index contributed by atoms with van der Waals surface area (Å²) in [6.07, 6.45) is 7.07. The van der Waals surface area contributed by atoms with Crippen LogP contribution in [0.15, 0.2) is 84.9 Å². The molecule has 1 N–H and O–H groups in total. The number of hydrogen-bond donors (Lipinski definition) is 1. The quantitative estimate of drug-likeness (QED) is 0.296. The summed E-state index contributed by atoms with van der Waals surface area (Å²) >= 11 is 0. The van der Waals surface area contributed by atoms with Crippen LogP contribution in [0, 0.1) is 0 Å². The molecule has 3 aromatic rings. The van der Waals surface area contributed by atoms with E-state index in [4.69, 9.17) is 4.74 Å². The Hall–Kier alpha value is -3.15. The Kier molecular flexibility index (Phi) is 10.1. The summed E-state index contributed by atoms with van der Waals surface area (Å²) in [5.41, 5.74) is 3.44. The van der Waals surface area contributed by atoms with Crippen molar-refractivity contribution in [2.24, 2.45) is 0 Å². The van der Waals surface area contributed by atoms with Crippen molar-refractivity contribution in [1.29, 1.82) is 0 Å². The van der Waals surface area contributed by atoms with Crippen molar-refractivity contribution in [2.75, 3.05) is 45.8 Å². The van der Waals surface area contributed by atoms with Crippen molar-refractivity contribution >= 4 is 5.91 Å². The summed E-state index contributed by atoms with van der Waals surface area (Å²) < 4.78 is 6.31. The zero-order valence-electron chi connectivity index (χ0n) is 23.1. The largest absolute Gasteiger partial charge is 0.490 e. The van der Waals surface area contributed by atoms with E-state index in [2.05, 4.69) is 75.8 Å². The van der Waals surface area contributed by atoms with Crippen molar-refractivity contribution in [3.63, 3.8) is 0 Å². The molecule has 0 unspecified atom stereocenters. The second-order valence-corrected chi connectivity index (χ2v) is 11.0. The van der Waals surface area contributed by atoms with E-state index in [1.54, 1.807) is 0 Å². The summed E-state index contributed by atoms with van der Waals surface area (Å²) in [6, 6.07) is 29.3. The van der Waals surface area contributed by atoms with Crippen LogP contribution in [0.1, 0.15) is 65.9 Å². The molecule has 0 saturated carbocycles. The fraction of sp³-hybridized carbons (Fsp3) is 0.441. The van der Waals surface area contributed by atoms with Gasteiger partial charge in [0.15, 0.2) is 0 Å². The van der Waals surface area contributed by atoms with Gasteiger partial charge in [0.25, 0.3) is 5.91 Å². The number of rotatable bonds is 12. The van der Waals surface area contributed by atoms with E-state index < -0.39 is 0 Å². The lowest BCUT2D eigenvalue weighted by molar-refractivity contribution is 0.0951. The van der Waals surface area contributed by atoms with Crippen LogP contribution < -0.4 is 10.1 Å². The van der Waals surface area contributed by atoms with Crippen LogP contribution in [0.2, 0.25) is 0 Å². The summed E-state index contributed by atoms with van der Waals surface area (Å²) in [7, 11) is 0. The van der Waals surface area contributed by atoms with E-state index in [0.717, 1.165) is 64.2 Å². The molecule has 3 aromatic carbocycles. The SMILES string of the molecule is O=C(NCCCCN1CCCC1)c1ccc(OC2CCN(CC(c3ccccc3)c3ccccc3)CC2)cc1. The highest BCUT2D eigenvalue weighted by Crippen LogP contribution is 2.28. The number of carbonyl (C=O) groups excluding carboxylic acids is 1. The van der Waals surface area contributed by atoms with Crippen molar-refractivity contribution in [3.05, 3.63) is 102 Å². The molecule has 1 amide bonds. The molecular formula is C34H43N3O2. The highest BCUT2D eigenvalue weighted by molar-refractivity contribution is 5.94. The maximum Gasteiger partial charge on any atom is 0.251 e. The average Bonchev–Trinajstić information content (AvgIpc) is 3.51. The molecule has 5 nitrogen and oxygen atoms in total. The van der Waals surface area contributed by atoms with Crippen LogP contribution in [0.3, 0.4) is 0 Å². The molecule has 206 valence electrons. The normalized spacial score (nSPS) is 16.9. The fourth-order valence-electron chi connectivity index (χ4n) is 5.89. The van der Waals surface area contributed by atoms with E-state index in [1.165, 1.54) is 37.1 Å². The molecule has 2 saturated heterocycles. The average molecular weight is 526 g/mol. The number of ether oxygens (including phenoxy) is 1. The first kappa shape index (κ1) is 27.4. The van der Waals surface area contributed by atoms with E-state index in [1.807, 2.05) is 24.3 Å². The van der Waals surface area contributed by atoms with Gasteiger partial charge in [-0.25, -0.2) is 0 Å². The van der Waals surface area contributed by atoms with Gasteiger partial charge < -0.3 is 19.9 Å². The number of unbranched alkanes of at least 4 members (excludes halogenated alkanes) is 1. The Labute approximate surface area is 234 Å². The van der Waals surface area contributed by atoms with Crippen LogP contribution in [-0.2, 0) is 0 Å². The smallest absolute Gasteiger partial charge is 0.251 e. The third kappa shape index (κ3) is 8.17. The Morgan fingerprint density at radius 1 is 0.769 bits per heavy atom. The second-order valence-electron chi connectivity index (χ2n) is 11.0. The maximum absolute atomic E-state index is 12.5. The van der Waals surface area contributed by atoms with Gasteiger partial charge in [0, 0.05) is 37.7 Å². The minimum Gasteiger partial charge on any atom is -0.490 e. The molecule has 0 spiro atoms. The van der Waals surface area contributed by atoms with Gasteiger partial charge >= 0.3 is 0 Å². The number of amides is 1. The number of carbonyl (C=O) groups is 1. The fourth-order valence-corrected chi connectivity index (χ4v) is 5.89. The minimum atomic E-state index is 0.00224. The monoisotopic (exact) mass is 525 g/mol. The number of nitrogens with zero attached hydrogens (tertiary/aromatic N) is 2. The first-order valence-corrected chi connectivity index (χ1v) is 14.8. The first-order valence-electron chi connectivity index (χ1n) is 14.8. The number of likely N-dealkylation sites (tertiary alicyclic amines) is 2. The highest BCUT2D eigenvalue weighted by atomic mass is 16.5. The highest BCUT2D eigenvalue weighted by Gasteiger charge is 2.24. The minimum absolute atomic E-state index is 0.00224. The van der Waals surface area contributed by atoms with Gasteiger partial charge in [0.1, 0.15) is 11.9 Å². The van der Waals surface area contributed by atoms with Gasteiger partial charge in [-0.1, -0.05) is 60.7 Å². The van der Waals surface area contributed by atoms with Crippen molar-refractivity contribution in [1.82, 2.24) is 15.1 Å². The van der Waals surface area contributed by atoms with Crippen LogP contribution in [0.5, 0.6) is 5.75 Å². The second kappa shape index (κ2) is 14.3. The summed E-state index contributed by atoms with van der Waals surface area (Å²) in [4.78, 5) is 17.6.